The first-order valence-corrected chi connectivity index (χ1v) is 7.43. The smallest absolute Gasteiger partial charge is 0.338 e. The van der Waals surface area contributed by atoms with Gasteiger partial charge in [0.2, 0.25) is 0 Å². The van der Waals surface area contributed by atoms with Crippen molar-refractivity contribution in [1.29, 1.82) is 0 Å². The van der Waals surface area contributed by atoms with Crippen LogP contribution in [-0.4, -0.2) is 28.7 Å². The second-order valence-corrected chi connectivity index (χ2v) is 5.35. The van der Waals surface area contributed by atoms with Gasteiger partial charge in [-0.2, -0.15) is 0 Å². The molecule has 120 valence electrons. The fourth-order valence-electron chi connectivity index (χ4n) is 2.17. The number of aliphatic hydroxyl groups is 1. The number of amides is 1. The minimum Gasteiger partial charge on any atom is -0.478 e. The molecule has 0 atom stereocenters. The van der Waals surface area contributed by atoms with E-state index in [0.29, 0.717) is 12.1 Å². The van der Waals surface area contributed by atoms with Crippen molar-refractivity contribution in [3.05, 3.63) is 64.2 Å². The molecule has 3 N–H and O–H groups in total. The summed E-state index contributed by atoms with van der Waals surface area (Å²) < 4.78 is 0. The monoisotopic (exact) mass is 333 g/mol. The Labute approximate surface area is 138 Å². The number of halogens is 1. The molecule has 0 fully saturated rings. The number of hydrogen-bond donors (Lipinski definition) is 3. The highest BCUT2D eigenvalue weighted by molar-refractivity contribution is 6.34. The van der Waals surface area contributed by atoms with Gasteiger partial charge in [0.05, 0.1) is 16.1 Å². The first kappa shape index (κ1) is 17.0. The molecule has 0 bridgehead atoms. The Balaban J connectivity index is 2.16. The van der Waals surface area contributed by atoms with Crippen LogP contribution in [0, 0.1) is 0 Å². The van der Waals surface area contributed by atoms with Gasteiger partial charge in [-0.3, -0.25) is 4.79 Å². The maximum Gasteiger partial charge on any atom is 0.338 e. The molecule has 0 saturated carbocycles. The Bertz CT molecular complexity index is 713. The molecule has 2 aromatic carbocycles. The van der Waals surface area contributed by atoms with E-state index >= 15 is 0 Å². The van der Waals surface area contributed by atoms with Crippen LogP contribution in [-0.2, 0) is 6.42 Å². The number of anilines is 1. The fourth-order valence-corrected chi connectivity index (χ4v) is 2.42. The minimum absolute atomic E-state index is 0.00866. The van der Waals surface area contributed by atoms with Crippen molar-refractivity contribution in [1.82, 2.24) is 0 Å². The van der Waals surface area contributed by atoms with E-state index in [1.165, 1.54) is 18.2 Å². The van der Waals surface area contributed by atoms with Crippen molar-refractivity contribution in [2.24, 2.45) is 0 Å². The molecule has 2 aromatic rings. The summed E-state index contributed by atoms with van der Waals surface area (Å²) in [5.74, 6) is -1.78. The van der Waals surface area contributed by atoms with Gasteiger partial charge in [-0.1, -0.05) is 29.8 Å². The standard InChI is InChI=1S/C17H16ClNO4/c18-14-5-1-4-13(15(14)17(22)23)16(21)19-12-8-6-11(7-9-12)3-2-10-20/h1,4-9,20H,2-3,10H2,(H,19,21)(H,22,23). The average molecular weight is 334 g/mol. The van der Waals surface area contributed by atoms with Crippen LogP contribution < -0.4 is 5.32 Å². The largest absolute Gasteiger partial charge is 0.478 e. The zero-order chi connectivity index (χ0) is 16.8. The average Bonchev–Trinajstić information content (AvgIpc) is 2.53. The highest BCUT2D eigenvalue weighted by atomic mass is 35.5. The number of aryl methyl sites for hydroxylation is 1. The zero-order valence-electron chi connectivity index (χ0n) is 12.3. The van der Waals surface area contributed by atoms with E-state index in [2.05, 4.69) is 5.32 Å². The summed E-state index contributed by atoms with van der Waals surface area (Å²) in [7, 11) is 0. The van der Waals surface area contributed by atoms with Gasteiger partial charge in [-0.05, 0) is 42.7 Å². The molecule has 5 nitrogen and oxygen atoms in total. The summed E-state index contributed by atoms with van der Waals surface area (Å²) >= 11 is 5.86. The van der Waals surface area contributed by atoms with Crippen molar-refractivity contribution in [2.45, 2.75) is 12.8 Å². The first-order valence-electron chi connectivity index (χ1n) is 7.06. The van der Waals surface area contributed by atoms with Crippen molar-refractivity contribution < 1.29 is 19.8 Å². The number of hydrogen-bond acceptors (Lipinski definition) is 3. The molecule has 0 aliphatic heterocycles. The van der Waals surface area contributed by atoms with Crippen molar-refractivity contribution >= 4 is 29.2 Å². The third kappa shape index (κ3) is 4.31. The van der Waals surface area contributed by atoms with Gasteiger partial charge in [0.25, 0.3) is 5.91 Å². The molecule has 0 saturated heterocycles. The van der Waals surface area contributed by atoms with Gasteiger partial charge in [-0.15, -0.1) is 0 Å². The number of carbonyl (C=O) groups excluding carboxylic acids is 1. The Morgan fingerprint density at radius 3 is 2.39 bits per heavy atom. The highest BCUT2D eigenvalue weighted by Gasteiger charge is 2.19. The van der Waals surface area contributed by atoms with Gasteiger partial charge in [-0.25, -0.2) is 4.79 Å². The second-order valence-electron chi connectivity index (χ2n) is 4.95. The number of aliphatic hydroxyl groups excluding tert-OH is 1. The Kier molecular flexibility index (Phi) is 5.73. The lowest BCUT2D eigenvalue weighted by Crippen LogP contribution is -2.16. The lowest BCUT2D eigenvalue weighted by atomic mass is 10.1. The number of aromatic carboxylic acids is 1. The molecule has 0 radical (unpaired) electrons. The van der Waals surface area contributed by atoms with E-state index < -0.39 is 11.9 Å². The van der Waals surface area contributed by atoms with E-state index in [-0.39, 0.29) is 22.8 Å². The summed E-state index contributed by atoms with van der Waals surface area (Å²) in [6, 6.07) is 11.5. The summed E-state index contributed by atoms with van der Waals surface area (Å²) in [4.78, 5) is 23.5. The van der Waals surface area contributed by atoms with Crippen LogP contribution >= 0.6 is 11.6 Å². The second kappa shape index (κ2) is 7.76. The van der Waals surface area contributed by atoms with Gasteiger partial charge in [0, 0.05) is 12.3 Å². The third-order valence-corrected chi connectivity index (χ3v) is 3.62. The van der Waals surface area contributed by atoms with E-state index in [1.807, 2.05) is 12.1 Å². The maximum atomic E-state index is 12.3. The highest BCUT2D eigenvalue weighted by Crippen LogP contribution is 2.21. The maximum absolute atomic E-state index is 12.3. The predicted octanol–water partition coefficient (Wildman–Crippen LogP) is 3.22. The quantitative estimate of drug-likeness (QED) is 0.757. The number of carbonyl (C=O) groups is 2. The van der Waals surface area contributed by atoms with Crippen LogP contribution in [0.1, 0.15) is 32.7 Å². The van der Waals surface area contributed by atoms with Gasteiger partial charge in [0.15, 0.2) is 0 Å². The Morgan fingerprint density at radius 2 is 1.78 bits per heavy atom. The number of carboxylic acids is 1. The summed E-state index contributed by atoms with van der Waals surface area (Å²) in [6.45, 7) is 0.130. The number of rotatable bonds is 6. The molecule has 0 unspecified atom stereocenters. The summed E-state index contributed by atoms with van der Waals surface area (Å²) in [5.41, 5.74) is 1.39. The third-order valence-electron chi connectivity index (χ3n) is 3.31. The van der Waals surface area contributed by atoms with E-state index in [9.17, 15) is 14.7 Å². The van der Waals surface area contributed by atoms with E-state index in [1.54, 1.807) is 12.1 Å². The molecular formula is C17H16ClNO4. The minimum atomic E-state index is -1.25. The van der Waals surface area contributed by atoms with Gasteiger partial charge in [0.1, 0.15) is 0 Å². The number of benzene rings is 2. The van der Waals surface area contributed by atoms with Crippen LogP contribution in [0.25, 0.3) is 0 Å². The SMILES string of the molecule is O=C(Nc1ccc(CCCO)cc1)c1cccc(Cl)c1C(=O)O. The van der Waals surface area contributed by atoms with Crippen molar-refractivity contribution in [2.75, 3.05) is 11.9 Å². The van der Waals surface area contributed by atoms with Crippen molar-refractivity contribution in [3.63, 3.8) is 0 Å². The molecule has 0 heterocycles. The lowest BCUT2D eigenvalue weighted by Gasteiger charge is -2.09. The van der Waals surface area contributed by atoms with E-state index in [0.717, 1.165) is 12.0 Å². The zero-order valence-corrected chi connectivity index (χ0v) is 13.0. The molecule has 2 rings (SSSR count). The van der Waals surface area contributed by atoms with Crippen LogP contribution in [0.3, 0.4) is 0 Å². The molecule has 1 amide bonds. The molecule has 0 aliphatic carbocycles. The first-order chi connectivity index (χ1) is 11.0. The summed E-state index contributed by atoms with van der Waals surface area (Å²) in [6.07, 6.45) is 1.43. The molecule has 0 aromatic heterocycles. The van der Waals surface area contributed by atoms with Gasteiger partial charge < -0.3 is 15.5 Å². The molecule has 23 heavy (non-hydrogen) atoms. The molecule has 0 aliphatic rings. The predicted molar refractivity (Wildman–Crippen MR) is 88.2 cm³/mol. The van der Waals surface area contributed by atoms with Crippen LogP contribution in [0.5, 0.6) is 0 Å². The summed E-state index contributed by atoms with van der Waals surface area (Å²) in [5, 5.41) is 20.7. The van der Waals surface area contributed by atoms with Crippen molar-refractivity contribution in [3.8, 4) is 0 Å². The van der Waals surface area contributed by atoms with Gasteiger partial charge >= 0.3 is 5.97 Å². The molecule has 0 spiro atoms. The number of nitrogens with one attached hydrogen (secondary N) is 1. The van der Waals surface area contributed by atoms with Crippen LogP contribution in [0.15, 0.2) is 42.5 Å². The lowest BCUT2D eigenvalue weighted by molar-refractivity contribution is 0.0692. The number of carboxylic acid groups (broad SMARTS) is 1. The molecule has 6 heteroatoms. The Morgan fingerprint density at radius 1 is 1.09 bits per heavy atom. The van der Waals surface area contributed by atoms with Crippen LogP contribution in [0.2, 0.25) is 5.02 Å². The molecular weight excluding hydrogens is 318 g/mol. The normalized spacial score (nSPS) is 10.3. The topological polar surface area (TPSA) is 86.6 Å². The fraction of sp³-hybridized carbons (Fsp3) is 0.176. The van der Waals surface area contributed by atoms with E-state index in [4.69, 9.17) is 16.7 Å². The Hall–Kier alpha value is -2.37. The van der Waals surface area contributed by atoms with Crippen LogP contribution in [0.4, 0.5) is 5.69 Å².